The van der Waals surface area contributed by atoms with Crippen molar-refractivity contribution >= 4 is 6.09 Å². The molecule has 0 bridgehead atoms. The minimum Gasteiger partial charge on any atom is -0.444 e. The lowest BCUT2D eigenvalue weighted by molar-refractivity contribution is -0.120. The molecule has 0 spiro atoms. The summed E-state index contributed by atoms with van der Waals surface area (Å²) in [6.45, 7) is 7.33. The van der Waals surface area contributed by atoms with Gasteiger partial charge < -0.3 is 19.6 Å². The molecule has 0 radical (unpaired) electrons. The zero-order chi connectivity index (χ0) is 13.1. The molecule has 6 nitrogen and oxygen atoms in total. The Morgan fingerprint density at radius 2 is 2.24 bits per heavy atom. The van der Waals surface area contributed by atoms with Gasteiger partial charge in [0.25, 0.3) is 0 Å². The molecule has 1 saturated heterocycles. The van der Waals surface area contributed by atoms with E-state index in [1.54, 1.807) is 11.9 Å². The molecule has 1 amide bonds. The minimum atomic E-state index is -0.487. The Bertz CT molecular complexity index is 263. The first-order chi connectivity index (χ1) is 7.78. The highest BCUT2D eigenvalue weighted by atomic mass is 16.6. The van der Waals surface area contributed by atoms with E-state index in [9.17, 15) is 4.79 Å². The van der Waals surface area contributed by atoms with Crippen LogP contribution in [0.25, 0.3) is 0 Å². The Balaban J connectivity index is 2.46. The monoisotopic (exact) mass is 246 g/mol. The lowest BCUT2D eigenvalue weighted by Gasteiger charge is -2.34. The zero-order valence-corrected chi connectivity index (χ0v) is 11.0. The fourth-order valence-electron chi connectivity index (χ4n) is 1.62. The Labute approximate surface area is 102 Å². The summed E-state index contributed by atoms with van der Waals surface area (Å²) in [5.41, 5.74) is -0.487. The molecule has 0 aliphatic carbocycles. The average Bonchev–Trinajstić information content (AvgIpc) is 2.14. The third-order valence-corrected chi connectivity index (χ3v) is 2.26. The lowest BCUT2D eigenvalue weighted by atomic mass is 10.2. The molecule has 1 aliphatic rings. The third-order valence-electron chi connectivity index (χ3n) is 2.26. The summed E-state index contributed by atoms with van der Waals surface area (Å²) >= 11 is 0. The van der Waals surface area contributed by atoms with Crippen molar-refractivity contribution in [2.75, 3.05) is 33.3 Å². The van der Waals surface area contributed by atoms with Crippen LogP contribution in [0, 0.1) is 0 Å². The number of hydrogen-bond donors (Lipinski definition) is 1. The predicted octanol–water partition coefficient (Wildman–Crippen LogP) is 0.943. The number of ether oxygens (including phenoxy) is 2. The van der Waals surface area contributed by atoms with Gasteiger partial charge in [-0.2, -0.15) is 5.06 Å². The summed E-state index contributed by atoms with van der Waals surface area (Å²) < 4.78 is 10.7. The first kappa shape index (κ1) is 14.2. The van der Waals surface area contributed by atoms with Crippen LogP contribution in [-0.2, 0) is 9.47 Å². The van der Waals surface area contributed by atoms with E-state index in [0.29, 0.717) is 26.2 Å². The summed E-state index contributed by atoms with van der Waals surface area (Å²) in [7, 11) is 1.55. The third kappa shape index (κ3) is 5.34. The van der Waals surface area contributed by atoms with Gasteiger partial charge in [-0.15, -0.1) is 0 Å². The highest BCUT2D eigenvalue weighted by molar-refractivity contribution is 5.68. The van der Waals surface area contributed by atoms with E-state index in [4.69, 9.17) is 14.7 Å². The maximum atomic E-state index is 11.8. The normalized spacial score (nSPS) is 21.8. The van der Waals surface area contributed by atoms with Gasteiger partial charge in [-0.3, -0.25) is 0 Å². The Kier molecular flexibility index (Phi) is 4.73. The highest BCUT2D eigenvalue weighted by Gasteiger charge is 2.28. The molecule has 1 atom stereocenters. The first-order valence-corrected chi connectivity index (χ1v) is 5.77. The molecule has 1 rings (SSSR count). The van der Waals surface area contributed by atoms with E-state index in [1.165, 1.54) is 0 Å². The molecule has 1 fully saturated rings. The van der Waals surface area contributed by atoms with Crippen LogP contribution in [0.15, 0.2) is 0 Å². The van der Waals surface area contributed by atoms with Crippen molar-refractivity contribution in [3.63, 3.8) is 0 Å². The molecule has 0 saturated carbocycles. The van der Waals surface area contributed by atoms with E-state index in [2.05, 4.69) is 0 Å². The quantitative estimate of drug-likeness (QED) is 0.735. The number of likely N-dealkylation sites (N-methyl/N-ethyl adjacent to an activating group) is 1. The first-order valence-electron chi connectivity index (χ1n) is 5.77. The van der Waals surface area contributed by atoms with Crippen LogP contribution < -0.4 is 0 Å². The smallest absolute Gasteiger partial charge is 0.410 e. The van der Waals surface area contributed by atoms with E-state index in [-0.39, 0.29) is 12.2 Å². The second-order valence-corrected chi connectivity index (χ2v) is 5.26. The number of amides is 1. The van der Waals surface area contributed by atoms with Crippen LogP contribution >= 0.6 is 0 Å². The van der Waals surface area contributed by atoms with Gasteiger partial charge in [0.1, 0.15) is 5.60 Å². The number of carbonyl (C=O) groups excluding carboxylic acids is 1. The van der Waals surface area contributed by atoms with Gasteiger partial charge in [-0.25, -0.2) is 4.79 Å². The van der Waals surface area contributed by atoms with Crippen LogP contribution in [0.5, 0.6) is 0 Å². The number of nitrogens with zero attached hydrogens (tertiary/aromatic N) is 2. The average molecular weight is 246 g/mol. The molecule has 1 aliphatic heterocycles. The van der Waals surface area contributed by atoms with E-state index >= 15 is 0 Å². The SMILES string of the molecule is CN(O)CC1CN(C(=O)OC(C)(C)C)CCO1. The van der Waals surface area contributed by atoms with Crippen molar-refractivity contribution in [2.45, 2.75) is 32.5 Å². The van der Waals surface area contributed by atoms with Crippen LogP contribution in [0.4, 0.5) is 4.79 Å². The summed E-state index contributed by atoms with van der Waals surface area (Å²) in [6.07, 6.45) is -0.502. The number of rotatable bonds is 2. The number of morpholine rings is 1. The van der Waals surface area contributed by atoms with E-state index < -0.39 is 5.60 Å². The van der Waals surface area contributed by atoms with Crippen molar-refractivity contribution < 1.29 is 19.5 Å². The fraction of sp³-hybridized carbons (Fsp3) is 0.909. The standard InChI is InChI=1S/C11H22N2O4/c1-11(2,3)17-10(14)13-5-6-16-9(8-13)7-12(4)15/h9,15H,5-8H2,1-4H3. The summed E-state index contributed by atoms with van der Waals surface area (Å²) in [4.78, 5) is 13.4. The topological polar surface area (TPSA) is 62.2 Å². The van der Waals surface area contributed by atoms with Crippen LogP contribution in [-0.4, -0.2) is 66.3 Å². The van der Waals surface area contributed by atoms with Gasteiger partial charge in [0.05, 0.1) is 25.8 Å². The van der Waals surface area contributed by atoms with Gasteiger partial charge in [0.15, 0.2) is 0 Å². The van der Waals surface area contributed by atoms with Gasteiger partial charge in [0, 0.05) is 13.6 Å². The van der Waals surface area contributed by atoms with Crippen molar-refractivity contribution in [2.24, 2.45) is 0 Å². The van der Waals surface area contributed by atoms with Gasteiger partial charge in [-0.05, 0) is 20.8 Å². The predicted molar refractivity (Wildman–Crippen MR) is 62.0 cm³/mol. The maximum absolute atomic E-state index is 11.8. The molecule has 17 heavy (non-hydrogen) atoms. The molecule has 1 heterocycles. The molecular weight excluding hydrogens is 224 g/mol. The van der Waals surface area contributed by atoms with E-state index in [1.807, 2.05) is 20.8 Å². The zero-order valence-electron chi connectivity index (χ0n) is 11.0. The molecule has 1 N–H and O–H groups in total. The summed E-state index contributed by atoms with van der Waals surface area (Å²) in [5.74, 6) is 0. The van der Waals surface area contributed by atoms with Crippen molar-refractivity contribution in [1.82, 2.24) is 9.96 Å². The van der Waals surface area contributed by atoms with Gasteiger partial charge >= 0.3 is 6.09 Å². The molecule has 6 heteroatoms. The second kappa shape index (κ2) is 5.66. The van der Waals surface area contributed by atoms with E-state index in [0.717, 1.165) is 5.06 Å². The lowest BCUT2D eigenvalue weighted by Crippen LogP contribution is -2.50. The molecular formula is C11H22N2O4. The van der Waals surface area contributed by atoms with Gasteiger partial charge in [0.2, 0.25) is 0 Å². The second-order valence-electron chi connectivity index (χ2n) is 5.26. The molecule has 1 unspecified atom stereocenters. The Morgan fingerprint density at radius 3 is 2.76 bits per heavy atom. The van der Waals surface area contributed by atoms with Crippen LogP contribution in [0.2, 0.25) is 0 Å². The maximum Gasteiger partial charge on any atom is 0.410 e. The van der Waals surface area contributed by atoms with Crippen molar-refractivity contribution in [3.8, 4) is 0 Å². The largest absolute Gasteiger partial charge is 0.444 e. The van der Waals surface area contributed by atoms with Gasteiger partial charge in [-0.1, -0.05) is 0 Å². The highest BCUT2D eigenvalue weighted by Crippen LogP contribution is 2.13. The molecule has 0 aromatic carbocycles. The number of carbonyl (C=O) groups is 1. The number of hydrogen-bond acceptors (Lipinski definition) is 5. The summed E-state index contributed by atoms with van der Waals surface area (Å²) in [6, 6.07) is 0. The molecule has 0 aromatic rings. The Morgan fingerprint density at radius 1 is 1.59 bits per heavy atom. The van der Waals surface area contributed by atoms with Crippen molar-refractivity contribution in [3.05, 3.63) is 0 Å². The van der Waals surface area contributed by atoms with Crippen molar-refractivity contribution in [1.29, 1.82) is 0 Å². The fourth-order valence-corrected chi connectivity index (χ4v) is 1.62. The minimum absolute atomic E-state index is 0.175. The van der Waals surface area contributed by atoms with Crippen LogP contribution in [0.3, 0.4) is 0 Å². The number of hydroxylamine groups is 2. The Hall–Kier alpha value is -0.850. The van der Waals surface area contributed by atoms with Crippen LogP contribution in [0.1, 0.15) is 20.8 Å². The molecule has 0 aromatic heterocycles. The summed E-state index contributed by atoms with van der Waals surface area (Å²) in [5, 5.41) is 10.2. The molecule has 100 valence electrons.